The number of nitrogens with zero attached hydrogens (tertiary/aromatic N) is 2. The van der Waals surface area contributed by atoms with Crippen molar-refractivity contribution < 1.29 is 8.78 Å². The van der Waals surface area contributed by atoms with E-state index in [2.05, 4.69) is 4.98 Å². The third-order valence-corrected chi connectivity index (χ3v) is 3.11. The number of rotatable bonds is 3. The van der Waals surface area contributed by atoms with Crippen molar-refractivity contribution in [3.8, 4) is 0 Å². The highest BCUT2D eigenvalue weighted by atomic mass is 35.5. The summed E-state index contributed by atoms with van der Waals surface area (Å²) in [5, 5.41) is 0. The maximum atomic E-state index is 13.4. The van der Waals surface area contributed by atoms with Crippen LogP contribution in [0, 0.1) is 17.6 Å². The molecule has 1 aromatic heterocycles. The Labute approximate surface area is 98.2 Å². The number of aromatic nitrogens is 1. The topological polar surface area (TPSA) is 16.1 Å². The summed E-state index contributed by atoms with van der Waals surface area (Å²) in [4.78, 5) is 5.65. The average Bonchev–Trinajstić information content (AvgIpc) is 2.67. The maximum Gasteiger partial charge on any atom is 0.168 e. The van der Waals surface area contributed by atoms with Crippen molar-refractivity contribution in [1.29, 1.82) is 0 Å². The largest absolute Gasteiger partial charge is 0.354 e. The van der Waals surface area contributed by atoms with Crippen LogP contribution in [0.5, 0.6) is 0 Å². The fourth-order valence-electron chi connectivity index (χ4n) is 2.06. The van der Waals surface area contributed by atoms with Crippen LogP contribution in [-0.2, 0) is 0 Å². The van der Waals surface area contributed by atoms with Gasteiger partial charge in [0.2, 0.25) is 0 Å². The van der Waals surface area contributed by atoms with E-state index in [1.54, 1.807) is 0 Å². The van der Waals surface area contributed by atoms with Gasteiger partial charge in [0.1, 0.15) is 5.82 Å². The molecule has 0 spiro atoms. The van der Waals surface area contributed by atoms with Crippen molar-refractivity contribution in [1.82, 2.24) is 4.98 Å². The molecule has 1 saturated heterocycles. The lowest BCUT2D eigenvalue weighted by Gasteiger charge is -2.17. The molecule has 1 aliphatic heterocycles. The van der Waals surface area contributed by atoms with E-state index in [1.807, 2.05) is 4.90 Å². The van der Waals surface area contributed by atoms with Crippen LogP contribution in [0.2, 0.25) is 0 Å². The number of hydrogen-bond acceptors (Lipinski definition) is 2. The molecule has 1 aliphatic rings. The smallest absolute Gasteiger partial charge is 0.168 e. The molecule has 0 N–H and O–H groups in total. The molecule has 2 nitrogen and oxygen atoms in total. The zero-order chi connectivity index (χ0) is 11.5. The van der Waals surface area contributed by atoms with Gasteiger partial charge < -0.3 is 4.90 Å². The van der Waals surface area contributed by atoms with Gasteiger partial charge in [0.15, 0.2) is 11.6 Å². The zero-order valence-electron chi connectivity index (χ0n) is 8.80. The lowest BCUT2D eigenvalue weighted by molar-refractivity contribution is 0.560. The van der Waals surface area contributed by atoms with E-state index in [9.17, 15) is 8.78 Å². The molecule has 1 aromatic rings. The van der Waals surface area contributed by atoms with Gasteiger partial charge in [-0.3, -0.25) is 0 Å². The molecule has 1 unspecified atom stereocenters. The summed E-state index contributed by atoms with van der Waals surface area (Å²) in [7, 11) is 0. The fraction of sp³-hybridized carbons (Fsp3) is 0.545. The highest BCUT2D eigenvalue weighted by Crippen LogP contribution is 2.26. The Balaban J connectivity index is 2.08. The minimum atomic E-state index is -0.641. The quantitative estimate of drug-likeness (QED) is 0.763. The minimum Gasteiger partial charge on any atom is -0.354 e. The summed E-state index contributed by atoms with van der Waals surface area (Å²) in [5.41, 5.74) is 0. The standard InChI is InChI=1S/C11H13ClF2N2/c12-3-1-8-2-4-16(7-8)11-10(14)5-9(13)6-15-11/h5-6,8H,1-4,7H2. The Hall–Kier alpha value is -0.900. The highest BCUT2D eigenvalue weighted by Gasteiger charge is 2.25. The Morgan fingerprint density at radius 1 is 1.50 bits per heavy atom. The number of halogens is 3. The lowest BCUT2D eigenvalue weighted by atomic mass is 10.1. The number of alkyl halides is 1. The molecule has 0 bridgehead atoms. The first kappa shape index (κ1) is 11.6. The van der Waals surface area contributed by atoms with Crippen LogP contribution in [0.4, 0.5) is 14.6 Å². The second kappa shape index (κ2) is 4.95. The summed E-state index contributed by atoms with van der Waals surface area (Å²) in [6.45, 7) is 1.51. The molecule has 2 heterocycles. The van der Waals surface area contributed by atoms with E-state index in [0.717, 1.165) is 38.2 Å². The first-order chi connectivity index (χ1) is 7.70. The molecule has 0 radical (unpaired) electrons. The molecule has 0 aliphatic carbocycles. The van der Waals surface area contributed by atoms with E-state index in [0.29, 0.717) is 11.8 Å². The van der Waals surface area contributed by atoms with Crippen molar-refractivity contribution >= 4 is 17.4 Å². The normalized spacial score (nSPS) is 20.4. The van der Waals surface area contributed by atoms with Crippen LogP contribution in [0.15, 0.2) is 12.3 Å². The predicted molar refractivity (Wildman–Crippen MR) is 59.8 cm³/mol. The molecule has 5 heteroatoms. The van der Waals surface area contributed by atoms with Gasteiger partial charge in [-0.15, -0.1) is 11.6 Å². The van der Waals surface area contributed by atoms with Gasteiger partial charge in [-0.05, 0) is 18.8 Å². The van der Waals surface area contributed by atoms with Gasteiger partial charge >= 0.3 is 0 Å². The average molecular weight is 247 g/mol. The Kier molecular flexibility index (Phi) is 3.59. The summed E-state index contributed by atoms with van der Waals surface area (Å²) in [5.74, 6) is 0.129. The maximum absolute atomic E-state index is 13.4. The molecular formula is C11H13ClF2N2. The van der Waals surface area contributed by atoms with Crippen molar-refractivity contribution in [2.75, 3.05) is 23.9 Å². The molecule has 1 atom stereocenters. The van der Waals surface area contributed by atoms with Crippen LogP contribution in [0.1, 0.15) is 12.8 Å². The molecule has 16 heavy (non-hydrogen) atoms. The van der Waals surface area contributed by atoms with Gasteiger partial charge in [-0.1, -0.05) is 0 Å². The van der Waals surface area contributed by atoms with E-state index >= 15 is 0 Å². The van der Waals surface area contributed by atoms with E-state index < -0.39 is 11.6 Å². The number of hydrogen-bond donors (Lipinski definition) is 0. The van der Waals surface area contributed by atoms with E-state index in [4.69, 9.17) is 11.6 Å². The molecule has 0 saturated carbocycles. The molecule has 0 amide bonds. The van der Waals surface area contributed by atoms with Gasteiger partial charge in [0, 0.05) is 25.0 Å². The van der Waals surface area contributed by atoms with Crippen molar-refractivity contribution in [3.63, 3.8) is 0 Å². The van der Waals surface area contributed by atoms with Crippen LogP contribution in [0.3, 0.4) is 0 Å². The fourth-order valence-corrected chi connectivity index (χ4v) is 2.36. The Morgan fingerprint density at radius 3 is 3.00 bits per heavy atom. The first-order valence-electron chi connectivity index (χ1n) is 5.32. The molecule has 2 rings (SSSR count). The highest BCUT2D eigenvalue weighted by molar-refractivity contribution is 6.17. The zero-order valence-corrected chi connectivity index (χ0v) is 9.55. The summed E-state index contributed by atoms with van der Waals surface area (Å²) >= 11 is 5.67. The Bertz CT molecular complexity index is 373. The molecular weight excluding hydrogens is 234 g/mol. The summed E-state index contributed by atoms with van der Waals surface area (Å²) < 4.78 is 26.1. The third-order valence-electron chi connectivity index (χ3n) is 2.89. The molecule has 0 aromatic carbocycles. The van der Waals surface area contributed by atoms with Crippen LogP contribution >= 0.6 is 11.6 Å². The lowest BCUT2D eigenvalue weighted by Crippen LogP contribution is -2.22. The number of anilines is 1. The van der Waals surface area contributed by atoms with Gasteiger partial charge in [0.05, 0.1) is 6.20 Å². The van der Waals surface area contributed by atoms with Crippen LogP contribution in [-0.4, -0.2) is 24.0 Å². The van der Waals surface area contributed by atoms with Crippen molar-refractivity contribution in [2.24, 2.45) is 5.92 Å². The summed E-state index contributed by atoms with van der Waals surface area (Å²) in [6.07, 6.45) is 2.97. The minimum absolute atomic E-state index is 0.249. The second-order valence-electron chi connectivity index (χ2n) is 4.04. The van der Waals surface area contributed by atoms with Crippen LogP contribution in [0.25, 0.3) is 0 Å². The monoisotopic (exact) mass is 246 g/mol. The summed E-state index contributed by atoms with van der Waals surface area (Å²) in [6, 6.07) is 0.872. The number of pyridine rings is 1. The van der Waals surface area contributed by atoms with Crippen molar-refractivity contribution in [3.05, 3.63) is 23.9 Å². The SMILES string of the molecule is Fc1cnc(N2CCC(CCCl)C2)c(F)c1. The molecule has 1 fully saturated rings. The third kappa shape index (κ3) is 2.43. The Morgan fingerprint density at radius 2 is 2.31 bits per heavy atom. The van der Waals surface area contributed by atoms with E-state index in [-0.39, 0.29) is 5.82 Å². The molecule has 88 valence electrons. The van der Waals surface area contributed by atoms with Crippen molar-refractivity contribution in [2.45, 2.75) is 12.8 Å². The van der Waals surface area contributed by atoms with E-state index in [1.165, 1.54) is 0 Å². The second-order valence-corrected chi connectivity index (χ2v) is 4.42. The predicted octanol–water partition coefficient (Wildman–Crippen LogP) is 2.82. The van der Waals surface area contributed by atoms with Gasteiger partial charge in [-0.2, -0.15) is 0 Å². The van der Waals surface area contributed by atoms with Crippen LogP contribution < -0.4 is 4.90 Å². The first-order valence-corrected chi connectivity index (χ1v) is 5.86. The van der Waals surface area contributed by atoms with Gasteiger partial charge in [0.25, 0.3) is 0 Å². The van der Waals surface area contributed by atoms with Gasteiger partial charge in [-0.25, -0.2) is 13.8 Å².